The lowest BCUT2D eigenvalue weighted by Crippen LogP contribution is -2.40. The van der Waals surface area contributed by atoms with Gasteiger partial charge in [0.1, 0.15) is 0 Å². The number of nitrogens with one attached hydrogen (secondary N) is 1. The molecule has 0 atom stereocenters. The van der Waals surface area contributed by atoms with Crippen LogP contribution in [0.25, 0.3) is 0 Å². The molecular formula is C4H7F5N2. The first-order valence-corrected chi connectivity index (χ1v) is 2.69. The van der Waals surface area contributed by atoms with Gasteiger partial charge in [0.25, 0.3) is 0 Å². The lowest BCUT2D eigenvalue weighted by molar-refractivity contribution is -0.283. The van der Waals surface area contributed by atoms with Crippen molar-refractivity contribution >= 4 is 0 Å². The Balaban J connectivity index is 4.00. The minimum atomic E-state index is -5.48. The standard InChI is InChI=1S/C4H7F5N2/c5-3(6,1-2-11-10)4(7,8)9/h11H,1-2,10H2. The van der Waals surface area contributed by atoms with Gasteiger partial charge in [-0.05, 0) is 0 Å². The van der Waals surface area contributed by atoms with Crippen molar-refractivity contribution in [2.45, 2.75) is 18.5 Å². The predicted molar refractivity (Wildman–Crippen MR) is 27.8 cm³/mol. The second-order valence-electron chi connectivity index (χ2n) is 1.91. The molecule has 0 amide bonds. The molecule has 0 aliphatic heterocycles. The Bertz CT molecular complexity index is 120. The Labute approximate surface area is 59.5 Å². The number of hydrogen-bond acceptors (Lipinski definition) is 2. The number of rotatable bonds is 3. The topological polar surface area (TPSA) is 38.0 Å². The zero-order chi connectivity index (χ0) is 9.12. The minimum Gasteiger partial charge on any atom is -0.271 e. The molecule has 7 heteroatoms. The highest BCUT2D eigenvalue weighted by Crippen LogP contribution is 2.37. The quantitative estimate of drug-likeness (QED) is 0.385. The van der Waals surface area contributed by atoms with Gasteiger partial charge in [-0.25, -0.2) is 0 Å². The highest BCUT2D eigenvalue weighted by molar-refractivity contribution is 4.75. The molecule has 0 heterocycles. The third-order valence-electron chi connectivity index (χ3n) is 0.998. The molecule has 0 aliphatic rings. The number of hydrogen-bond donors (Lipinski definition) is 2. The molecule has 0 aromatic rings. The summed E-state index contributed by atoms with van der Waals surface area (Å²) in [5.41, 5.74) is 1.72. The largest absolute Gasteiger partial charge is 0.453 e. The van der Waals surface area contributed by atoms with E-state index in [9.17, 15) is 22.0 Å². The summed E-state index contributed by atoms with van der Waals surface area (Å²) in [6.07, 6.45) is -6.82. The molecule has 0 aromatic carbocycles. The van der Waals surface area contributed by atoms with Crippen molar-refractivity contribution in [1.29, 1.82) is 0 Å². The molecule has 0 saturated heterocycles. The molecule has 0 spiro atoms. The first kappa shape index (κ1) is 10.6. The molecule has 0 aliphatic carbocycles. The Morgan fingerprint density at radius 2 is 1.55 bits per heavy atom. The minimum absolute atomic E-state index is 0.577. The molecule has 0 aromatic heterocycles. The highest BCUT2D eigenvalue weighted by Gasteiger charge is 2.56. The summed E-state index contributed by atoms with van der Waals surface area (Å²) in [7, 11) is 0. The van der Waals surface area contributed by atoms with E-state index in [0.717, 1.165) is 0 Å². The first-order chi connectivity index (χ1) is 4.81. The van der Waals surface area contributed by atoms with E-state index in [2.05, 4.69) is 5.84 Å². The molecule has 3 N–H and O–H groups in total. The summed E-state index contributed by atoms with van der Waals surface area (Å²) in [6, 6.07) is 0. The zero-order valence-electron chi connectivity index (χ0n) is 5.38. The molecule has 11 heavy (non-hydrogen) atoms. The Morgan fingerprint density at radius 1 is 1.09 bits per heavy atom. The van der Waals surface area contributed by atoms with Crippen LogP contribution < -0.4 is 11.3 Å². The molecule has 0 rings (SSSR count). The molecule has 0 unspecified atom stereocenters. The molecule has 2 nitrogen and oxygen atoms in total. The van der Waals surface area contributed by atoms with Gasteiger partial charge in [-0.2, -0.15) is 22.0 Å². The van der Waals surface area contributed by atoms with E-state index in [1.54, 1.807) is 5.43 Å². The summed E-state index contributed by atoms with van der Waals surface area (Å²) < 4.78 is 57.8. The van der Waals surface area contributed by atoms with Crippen molar-refractivity contribution in [2.75, 3.05) is 6.54 Å². The lowest BCUT2D eigenvalue weighted by atomic mass is 10.2. The van der Waals surface area contributed by atoms with Crippen molar-refractivity contribution in [1.82, 2.24) is 5.43 Å². The first-order valence-electron chi connectivity index (χ1n) is 2.69. The van der Waals surface area contributed by atoms with Crippen LogP contribution in [-0.4, -0.2) is 18.6 Å². The van der Waals surface area contributed by atoms with E-state index in [4.69, 9.17) is 0 Å². The second-order valence-corrected chi connectivity index (χ2v) is 1.91. The van der Waals surface area contributed by atoms with Gasteiger partial charge in [0.05, 0.1) is 0 Å². The van der Waals surface area contributed by atoms with Gasteiger partial charge in [-0.1, -0.05) is 0 Å². The summed E-state index contributed by atoms with van der Waals surface area (Å²) >= 11 is 0. The van der Waals surface area contributed by atoms with Crippen LogP contribution in [0.3, 0.4) is 0 Å². The van der Waals surface area contributed by atoms with Crippen molar-refractivity contribution in [3.8, 4) is 0 Å². The van der Waals surface area contributed by atoms with Crippen LogP contribution in [0.15, 0.2) is 0 Å². The van der Waals surface area contributed by atoms with Crippen molar-refractivity contribution in [2.24, 2.45) is 5.84 Å². The molecule has 0 saturated carbocycles. The summed E-state index contributed by atoms with van der Waals surface area (Å²) in [4.78, 5) is 0. The third kappa shape index (κ3) is 2.98. The van der Waals surface area contributed by atoms with Crippen LogP contribution in [-0.2, 0) is 0 Å². The van der Waals surface area contributed by atoms with Crippen LogP contribution in [0.4, 0.5) is 22.0 Å². The zero-order valence-corrected chi connectivity index (χ0v) is 5.38. The maximum absolute atomic E-state index is 11.9. The van der Waals surface area contributed by atoms with Gasteiger partial charge in [-0.3, -0.25) is 11.3 Å². The van der Waals surface area contributed by atoms with Gasteiger partial charge >= 0.3 is 12.1 Å². The molecule has 0 bridgehead atoms. The van der Waals surface area contributed by atoms with Crippen LogP contribution in [0.1, 0.15) is 6.42 Å². The number of halogens is 5. The monoisotopic (exact) mass is 178 g/mol. The maximum Gasteiger partial charge on any atom is 0.453 e. The fourth-order valence-corrected chi connectivity index (χ4v) is 0.371. The molecule has 0 fully saturated rings. The SMILES string of the molecule is NNCCC(F)(F)C(F)(F)F. The van der Waals surface area contributed by atoms with Gasteiger partial charge in [0, 0.05) is 13.0 Å². The molecular weight excluding hydrogens is 171 g/mol. The molecule has 0 radical (unpaired) electrons. The van der Waals surface area contributed by atoms with Gasteiger partial charge < -0.3 is 0 Å². The number of alkyl halides is 5. The fourth-order valence-electron chi connectivity index (χ4n) is 0.371. The molecule has 68 valence electrons. The number of nitrogens with two attached hydrogens (primary N) is 1. The van der Waals surface area contributed by atoms with E-state index in [1.165, 1.54) is 0 Å². The summed E-state index contributed by atoms with van der Waals surface area (Å²) in [5, 5.41) is 0. The van der Waals surface area contributed by atoms with Gasteiger partial charge in [0.15, 0.2) is 0 Å². The van der Waals surface area contributed by atoms with Crippen LogP contribution in [0, 0.1) is 0 Å². The van der Waals surface area contributed by atoms with Crippen molar-refractivity contribution in [3.05, 3.63) is 0 Å². The van der Waals surface area contributed by atoms with Crippen LogP contribution >= 0.6 is 0 Å². The summed E-state index contributed by atoms with van der Waals surface area (Å²) in [6.45, 7) is -0.577. The smallest absolute Gasteiger partial charge is 0.271 e. The average molecular weight is 178 g/mol. The van der Waals surface area contributed by atoms with E-state index in [1.807, 2.05) is 0 Å². The maximum atomic E-state index is 11.9. The van der Waals surface area contributed by atoms with Crippen molar-refractivity contribution in [3.63, 3.8) is 0 Å². The van der Waals surface area contributed by atoms with E-state index >= 15 is 0 Å². The van der Waals surface area contributed by atoms with Crippen LogP contribution in [0.2, 0.25) is 0 Å². The van der Waals surface area contributed by atoms with Crippen LogP contribution in [0.5, 0.6) is 0 Å². The van der Waals surface area contributed by atoms with E-state index in [0.29, 0.717) is 0 Å². The Kier molecular flexibility index (Phi) is 3.18. The normalized spacial score (nSPS) is 13.6. The number of hydrazine groups is 1. The predicted octanol–water partition coefficient (Wildman–Crippen LogP) is 1.04. The average Bonchev–Trinajstić information content (AvgIpc) is 1.81. The lowest BCUT2D eigenvalue weighted by Gasteiger charge is -2.18. The third-order valence-corrected chi connectivity index (χ3v) is 0.998. The van der Waals surface area contributed by atoms with Crippen molar-refractivity contribution < 1.29 is 22.0 Å². The Hall–Kier alpha value is -0.430. The van der Waals surface area contributed by atoms with E-state index in [-0.39, 0.29) is 0 Å². The van der Waals surface area contributed by atoms with Gasteiger partial charge in [-0.15, -0.1) is 0 Å². The highest BCUT2D eigenvalue weighted by atomic mass is 19.4. The van der Waals surface area contributed by atoms with Gasteiger partial charge in [0.2, 0.25) is 0 Å². The van der Waals surface area contributed by atoms with E-state index < -0.39 is 25.1 Å². The Morgan fingerprint density at radius 3 is 1.82 bits per heavy atom. The summed E-state index contributed by atoms with van der Waals surface area (Å²) in [5.74, 6) is -0.125. The fraction of sp³-hybridized carbons (Fsp3) is 1.00. The second kappa shape index (κ2) is 3.31.